The number of hydrogen-bond acceptors (Lipinski definition) is 4. The summed E-state index contributed by atoms with van der Waals surface area (Å²) in [7, 11) is 1.83. The molecule has 1 aromatic heterocycles. The molecule has 0 spiro atoms. The zero-order valence-electron chi connectivity index (χ0n) is 12.3. The van der Waals surface area contributed by atoms with E-state index in [1.54, 1.807) is 16.2 Å². The van der Waals surface area contributed by atoms with E-state index in [0.717, 1.165) is 17.1 Å². The van der Waals surface area contributed by atoms with E-state index < -0.39 is 0 Å². The van der Waals surface area contributed by atoms with Crippen molar-refractivity contribution in [2.24, 2.45) is 17.6 Å². The van der Waals surface area contributed by atoms with Crippen molar-refractivity contribution in [1.29, 1.82) is 0 Å². The first kappa shape index (κ1) is 16.1. The van der Waals surface area contributed by atoms with Crippen LogP contribution in [0.1, 0.15) is 37.4 Å². The van der Waals surface area contributed by atoms with Crippen LogP contribution >= 0.6 is 11.3 Å². The van der Waals surface area contributed by atoms with Crippen molar-refractivity contribution in [2.75, 3.05) is 13.6 Å². The van der Waals surface area contributed by atoms with Crippen LogP contribution in [0.15, 0.2) is 5.38 Å². The van der Waals surface area contributed by atoms with Crippen molar-refractivity contribution in [1.82, 2.24) is 9.88 Å². The van der Waals surface area contributed by atoms with Gasteiger partial charge in [0, 0.05) is 18.8 Å². The van der Waals surface area contributed by atoms with Crippen LogP contribution in [-0.2, 0) is 11.3 Å². The van der Waals surface area contributed by atoms with Gasteiger partial charge in [-0.05, 0) is 31.7 Å². The summed E-state index contributed by atoms with van der Waals surface area (Å²) in [6.45, 7) is 7.46. The summed E-state index contributed by atoms with van der Waals surface area (Å²) < 4.78 is 0. The molecule has 0 radical (unpaired) electrons. The summed E-state index contributed by atoms with van der Waals surface area (Å²) in [5.41, 5.74) is 6.71. The molecular formula is C14H25N3OS. The molecule has 0 fully saturated rings. The molecule has 0 aliphatic rings. The van der Waals surface area contributed by atoms with Crippen molar-refractivity contribution in [3.63, 3.8) is 0 Å². The standard InChI is InChI=1S/C14H25N3OS/c1-10(2)5-12(7-15)6-14(18)17(4)8-13-9-19-11(3)16-13/h9-10,12H,5-8,15H2,1-4H3/t12-/m0/s1. The number of carbonyl (C=O) groups excluding carboxylic acids is 1. The Labute approximate surface area is 120 Å². The molecule has 1 amide bonds. The van der Waals surface area contributed by atoms with Crippen LogP contribution in [0, 0.1) is 18.8 Å². The topological polar surface area (TPSA) is 59.2 Å². The third-order valence-corrected chi connectivity index (χ3v) is 3.92. The van der Waals surface area contributed by atoms with Crippen LogP contribution in [0.5, 0.6) is 0 Å². The Bertz CT molecular complexity index is 403. The van der Waals surface area contributed by atoms with E-state index >= 15 is 0 Å². The van der Waals surface area contributed by atoms with Gasteiger partial charge in [0.25, 0.3) is 0 Å². The predicted octanol–water partition coefficient (Wildman–Crippen LogP) is 2.42. The van der Waals surface area contributed by atoms with E-state index in [-0.39, 0.29) is 11.8 Å². The van der Waals surface area contributed by atoms with Crippen molar-refractivity contribution < 1.29 is 4.79 Å². The minimum Gasteiger partial charge on any atom is -0.340 e. The first-order valence-corrected chi connectivity index (χ1v) is 7.65. The first-order chi connectivity index (χ1) is 8.92. The number of amides is 1. The highest BCUT2D eigenvalue weighted by molar-refractivity contribution is 7.09. The molecule has 108 valence electrons. The van der Waals surface area contributed by atoms with E-state index in [2.05, 4.69) is 18.8 Å². The highest BCUT2D eigenvalue weighted by Crippen LogP contribution is 2.16. The monoisotopic (exact) mass is 283 g/mol. The van der Waals surface area contributed by atoms with Gasteiger partial charge in [0.15, 0.2) is 0 Å². The SMILES string of the molecule is Cc1nc(CN(C)C(=O)C[C@@H](CN)CC(C)C)cs1. The van der Waals surface area contributed by atoms with Crippen LogP contribution in [-0.4, -0.2) is 29.4 Å². The lowest BCUT2D eigenvalue weighted by atomic mass is 9.94. The number of carbonyl (C=O) groups is 1. The van der Waals surface area contributed by atoms with Crippen molar-refractivity contribution in [3.05, 3.63) is 16.1 Å². The van der Waals surface area contributed by atoms with Gasteiger partial charge < -0.3 is 10.6 Å². The molecule has 0 saturated heterocycles. The number of nitrogens with zero attached hydrogens (tertiary/aromatic N) is 2. The Hall–Kier alpha value is -0.940. The van der Waals surface area contributed by atoms with Gasteiger partial charge in [-0.15, -0.1) is 11.3 Å². The molecule has 1 atom stereocenters. The molecule has 0 aliphatic heterocycles. The second kappa shape index (κ2) is 7.60. The van der Waals surface area contributed by atoms with Crippen LogP contribution in [0.3, 0.4) is 0 Å². The van der Waals surface area contributed by atoms with Gasteiger partial charge in [0.2, 0.25) is 5.91 Å². The maximum atomic E-state index is 12.2. The van der Waals surface area contributed by atoms with Gasteiger partial charge in [0.05, 0.1) is 17.2 Å². The molecule has 0 aromatic carbocycles. The fraction of sp³-hybridized carbons (Fsp3) is 0.714. The molecule has 4 nitrogen and oxygen atoms in total. The van der Waals surface area contributed by atoms with E-state index in [1.807, 2.05) is 19.4 Å². The smallest absolute Gasteiger partial charge is 0.222 e. The number of aryl methyl sites for hydroxylation is 1. The highest BCUT2D eigenvalue weighted by Gasteiger charge is 2.17. The summed E-state index contributed by atoms with van der Waals surface area (Å²) in [5.74, 6) is 1.02. The molecule has 0 aliphatic carbocycles. The van der Waals surface area contributed by atoms with Gasteiger partial charge in [-0.25, -0.2) is 4.98 Å². The number of aromatic nitrogens is 1. The minimum atomic E-state index is 0.154. The van der Waals surface area contributed by atoms with E-state index in [9.17, 15) is 4.79 Å². The minimum absolute atomic E-state index is 0.154. The Balaban J connectivity index is 2.47. The van der Waals surface area contributed by atoms with E-state index in [0.29, 0.717) is 25.4 Å². The van der Waals surface area contributed by atoms with Crippen LogP contribution in [0.25, 0.3) is 0 Å². The Morgan fingerprint density at radius 1 is 1.53 bits per heavy atom. The average molecular weight is 283 g/mol. The number of thiazole rings is 1. The second-order valence-electron chi connectivity index (χ2n) is 5.54. The van der Waals surface area contributed by atoms with Crippen LogP contribution in [0.2, 0.25) is 0 Å². The molecule has 19 heavy (non-hydrogen) atoms. The zero-order chi connectivity index (χ0) is 14.4. The van der Waals surface area contributed by atoms with E-state index in [4.69, 9.17) is 5.73 Å². The lowest BCUT2D eigenvalue weighted by Crippen LogP contribution is -2.30. The number of rotatable bonds is 7. The lowest BCUT2D eigenvalue weighted by Gasteiger charge is -2.21. The molecule has 2 N–H and O–H groups in total. The fourth-order valence-corrected chi connectivity index (χ4v) is 2.75. The van der Waals surface area contributed by atoms with Crippen molar-refractivity contribution in [3.8, 4) is 0 Å². The lowest BCUT2D eigenvalue weighted by molar-refractivity contribution is -0.131. The summed E-state index contributed by atoms with van der Waals surface area (Å²) >= 11 is 1.62. The third kappa shape index (κ3) is 5.70. The molecule has 0 unspecified atom stereocenters. The van der Waals surface area contributed by atoms with Gasteiger partial charge in [-0.2, -0.15) is 0 Å². The zero-order valence-corrected chi connectivity index (χ0v) is 13.2. The molecule has 1 aromatic rings. The first-order valence-electron chi connectivity index (χ1n) is 6.77. The number of hydrogen-bond donors (Lipinski definition) is 1. The van der Waals surface area contributed by atoms with Crippen molar-refractivity contribution in [2.45, 2.75) is 40.2 Å². The summed E-state index contributed by atoms with van der Waals surface area (Å²) in [4.78, 5) is 18.3. The van der Waals surface area contributed by atoms with Crippen LogP contribution in [0.4, 0.5) is 0 Å². The maximum Gasteiger partial charge on any atom is 0.222 e. The van der Waals surface area contributed by atoms with Gasteiger partial charge in [-0.1, -0.05) is 13.8 Å². The molecule has 1 rings (SSSR count). The van der Waals surface area contributed by atoms with E-state index in [1.165, 1.54) is 0 Å². The average Bonchev–Trinajstić information content (AvgIpc) is 2.73. The largest absolute Gasteiger partial charge is 0.340 e. The normalized spacial score (nSPS) is 12.7. The Morgan fingerprint density at radius 3 is 2.68 bits per heavy atom. The van der Waals surface area contributed by atoms with Gasteiger partial charge in [0.1, 0.15) is 0 Å². The maximum absolute atomic E-state index is 12.2. The summed E-state index contributed by atoms with van der Waals surface area (Å²) in [6, 6.07) is 0. The predicted molar refractivity (Wildman–Crippen MR) is 79.9 cm³/mol. The van der Waals surface area contributed by atoms with Crippen LogP contribution < -0.4 is 5.73 Å². The Kier molecular flexibility index (Phi) is 6.45. The highest BCUT2D eigenvalue weighted by atomic mass is 32.1. The molecule has 5 heteroatoms. The number of nitrogens with two attached hydrogens (primary N) is 1. The Morgan fingerprint density at radius 2 is 2.21 bits per heavy atom. The molecule has 0 bridgehead atoms. The van der Waals surface area contributed by atoms with Gasteiger partial charge in [-0.3, -0.25) is 4.79 Å². The second-order valence-corrected chi connectivity index (χ2v) is 6.61. The van der Waals surface area contributed by atoms with Gasteiger partial charge >= 0.3 is 0 Å². The summed E-state index contributed by atoms with van der Waals surface area (Å²) in [5, 5.41) is 3.05. The summed E-state index contributed by atoms with van der Waals surface area (Å²) in [6.07, 6.45) is 1.54. The molecule has 1 heterocycles. The van der Waals surface area contributed by atoms with Crippen molar-refractivity contribution >= 4 is 17.2 Å². The third-order valence-electron chi connectivity index (χ3n) is 3.09. The molecule has 0 saturated carbocycles. The quantitative estimate of drug-likeness (QED) is 0.836. The molecular weight excluding hydrogens is 258 g/mol. The fourth-order valence-electron chi connectivity index (χ4n) is 2.14.